The lowest BCUT2D eigenvalue weighted by molar-refractivity contribution is -0.113. The van der Waals surface area contributed by atoms with Gasteiger partial charge >= 0.3 is 5.97 Å². The van der Waals surface area contributed by atoms with Crippen LogP contribution in [-0.4, -0.2) is 27.8 Å². The SMILES string of the molecule is CCOC(=O)c1ccc(N2C(=O)/C(=C/c3cccnc3)SC2=S)cc1. The van der Waals surface area contributed by atoms with Crippen LogP contribution in [0.2, 0.25) is 0 Å². The molecule has 126 valence electrons. The lowest BCUT2D eigenvalue weighted by Crippen LogP contribution is -2.27. The number of hydrogen-bond acceptors (Lipinski definition) is 6. The summed E-state index contributed by atoms with van der Waals surface area (Å²) in [5.41, 5.74) is 1.88. The number of carbonyl (C=O) groups excluding carboxylic acids is 2. The number of aromatic nitrogens is 1. The van der Waals surface area contributed by atoms with Crippen molar-refractivity contribution in [3.8, 4) is 0 Å². The summed E-state index contributed by atoms with van der Waals surface area (Å²) in [5, 5.41) is 0. The molecule has 0 unspecified atom stereocenters. The van der Waals surface area contributed by atoms with Crippen molar-refractivity contribution in [3.63, 3.8) is 0 Å². The third kappa shape index (κ3) is 3.78. The Balaban J connectivity index is 1.83. The van der Waals surface area contributed by atoms with E-state index in [0.29, 0.717) is 27.1 Å². The Bertz CT molecular complexity index is 848. The first-order chi connectivity index (χ1) is 12.1. The largest absolute Gasteiger partial charge is 0.462 e. The molecule has 5 nitrogen and oxygen atoms in total. The lowest BCUT2D eigenvalue weighted by atomic mass is 10.2. The average Bonchev–Trinajstić information content (AvgIpc) is 2.90. The molecule has 1 aliphatic heterocycles. The van der Waals surface area contributed by atoms with Crippen molar-refractivity contribution < 1.29 is 14.3 Å². The summed E-state index contributed by atoms with van der Waals surface area (Å²) in [6, 6.07) is 10.3. The summed E-state index contributed by atoms with van der Waals surface area (Å²) in [6.07, 6.45) is 5.12. The predicted molar refractivity (Wildman–Crippen MR) is 102 cm³/mol. The Labute approximate surface area is 154 Å². The second kappa shape index (κ2) is 7.58. The first-order valence-corrected chi connectivity index (χ1v) is 8.78. The highest BCUT2D eigenvalue weighted by molar-refractivity contribution is 8.27. The van der Waals surface area contributed by atoms with Crippen LogP contribution < -0.4 is 4.90 Å². The molecule has 0 aliphatic carbocycles. The zero-order valence-corrected chi connectivity index (χ0v) is 15.0. The number of benzene rings is 1. The Morgan fingerprint density at radius 3 is 2.72 bits per heavy atom. The third-order valence-corrected chi connectivity index (χ3v) is 4.71. The number of nitrogens with zero attached hydrogens (tertiary/aromatic N) is 2. The van der Waals surface area contributed by atoms with E-state index < -0.39 is 5.97 Å². The molecule has 0 spiro atoms. The Kier molecular flexibility index (Phi) is 5.25. The van der Waals surface area contributed by atoms with Crippen LogP contribution in [0.1, 0.15) is 22.8 Å². The molecule has 0 bridgehead atoms. The van der Waals surface area contributed by atoms with Crippen LogP contribution in [0.25, 0.3) is 6.08 Å². The molecule has 1 aromatic heterocycles. The van der Waals surface area contributed by atoms with E-state index in [2.05, 4.69) is 4.98 Å². The number of esters is 1. The van der Waals surface area contributed by atoms with Crippen LogP contribution in [0, 0.1) is 0 Å². The van der Waals surface area contributed by atoms with Gasteiger partial charge in [0, 0.05) is 12.4 Å². The van der Waals surface area contributed by atoms with Crippen molar-refractivity contribution in [1.82, 2.24) is 4.98 Å². The van der Waals surface area contributed by atoms with E-state index in [-0.39, 0.29) is 5.91 Å². The van der Waals surface area contributed by atoms with Gasteiger partial charge in [-0.3, -0.25) is 14.7 Å². The Morgan fingerprint density at radius 1 is 1.32 bits per heavy atom. The normalized spacial score (nSPS) is 15.7. The molecule has 1 saturated heterocycles. The number of thiocarbonyl (C=S) groups is 1. The summed E-state index contributed by atoms with van der Waals surface area (Å²) >= 11 is 6.58. The van der Waals surface area contributed by atoms with Gasteiger partial charge in [-0.25, -0.2) is 4.79 Å². The number of rotatable bonds is 4. The van der Waals surface area contributed by atoms with E-state index in [4.69, 9.17) is 17.0 Å². The number of carbonyl (C=O) groups is 2. The number of pyridine rings is 1. The van der Waals surface area contributed by atoms with Gasteiger partial charge in [0.05, 0.1) is 22.8 Å². The highest BCUT2D eigenvalue weighted by Crippen LogP contribution is 2.36. The summed E-state index contributed by atoms with van der Waals surface area (Å²) in [5.74, 6) is -0.585. The summed E-state index contributed by atoms with van der Waals surface area (Å²) in [6.45, 7) is 2.06. The van der Waals surface area contributed by atoms with Crippen molar-refractivity contribution in [1.29, 1.82) is 0 Å². The monoisotopic (exact) mass is 370 g/mol. The van der Waals surface area contributed by atoms with Crippen LogP contribution in [-0.2, 0) is 9.53 Å². The second-order valence-corrected chi connectivity index (χ2v) is 6.75. The Morgan fingerprint density at radius 2 is 2.08 bits per heavy atom. The number of hydrogen-bond donors (Lipinski definition) is 0. The number of thioether (sulfide) groups is 1. The second-order valence-electron chi connectivity index (χ2n) is 5.07. The van der Waals surface area contributed by atoms with Gasteiger partial charge in [-0.05, 0) is 48.9 Å². The maximum Gasteiger partial charge on any atom is 0.338 e. The lowest BCUT2D eigenvalue weighted by Gasteiger charge is -2.14. The molecule has 2 aromatic rings. The maximum absolute atomic E-state index is 12.7. The predicted octanol–water partition coefficient (Wildman–Crippen LogP) is 3.66. The zero-order valence-electron chi connectivity index (χ0n) is 13.3. The standard InChI is InChI=1S/C18H14N2O3S2/c1-2-23-17(22)13-5-7-14(8-6-13)20-16(21)15(25-18(20)24)10-12-4-3-9-19-11-12/h3-11H,2H2,1H3/b15-10-. The highest BCUT2D eigenvalue weighted by Gasteiger charge is 2.33. The molecule has 1 aliphatic rings. The van der Waals surface area contributed by atoms with Crippen LogP contribution in [0.3, 0.4) is 0 Å². The minimum absolute atomic E-state index is 0.192. The number of amides is 1. The van der Waals surface area contributed by atoms with Crippen LogP contribution >= 0.6 is 24.0 Å². The number of ether oxygens (including phenoxy) is 1. The fraction of sp³-hybridized carbons (Fsp3) is 0.111. The van der Waals surface area contributed by atoms with Crippen molar-refractivity contribution in [2.75, 3.05) is 11.5 Å². The quantitative estimate of drug-likeness (QED) is 0.465. The topological polar surface area (TPSA) is 59.5 Å². The van der Waals surface area contributed by atoms with Gasteiger partial charge in [0.15, 0.2) is 4.32 Å². The first kappa shape index (κ1) is 17.3. The molecule has 0 N–H and O–H groups in total. The van der Waals surface area contributed by atoms with Crippen molar-refractivity contribution >= 4 is 51.9 Å². The minimum atomic E-state index is -0.393. The van der Waals surface area contributed by atoms with E-state index in [0.717, 1.165) is 5.56 Å². The minimum Gasteiger partial charge on any atom is -0.462 e. The van der Waals surface area contributed by atoms with E-state index in [1.54, 1.807) is 55.7 Å². The summed E-state index contributed by atoms with van der Waals surface area (Å²) in [4.78, 5) is 30.4. The molecule has 1 amide bonds. The van der Waals surface area contributed by atoms with Gasteiger partial charge in [-0.2, -0.15) is 0 Å². The molecule has 0 atom stereocenters. The van der Waals surface area contributed by atoms with Crippen molar-refractivity contribution in [3.05, 3.63) is 64.8 Å². The van der Waals surface area contributed by atoms with Crippen molar-refractivity contribution in [2.45, 2.75) is 6.92 Å². The van der Waals surface area contributed by atoms with Gasteiger partial charge in [0.25, 0.3) is 5.91 Å². The zero-order chi connectivity index (χ0) is 17.8. The van der Waals surface area contributed by atoms with E-state index in [1.807, 2.05) is 6.07 Å². The molecule has 25 heavy (non-hydrogen) atoms. The molecular formula is C18H14N2O3S2. The van der Waals surface area contributed by atoms with E-state index in [1.165, 1.54) is 16.7 Å². The molecule has 0 radical (unpaired) electrons. The fourth-order valence-electron chi connectivity index (χ4n) is 2.26. The van der Waals surface area contributed by atoms with Gasteiger partial charge in [0.2, 0.25) is 0 Å². The average molecular weight is 370 g/mol. The van der Waals surface area contributed by atoms with E-state index in [9.17, 15) is 9.59 Å². The molecule has 1 fully saturated rings. The van der Waals surface area contributed by atoms with Crippen LogP contribution in [0.4, 0.5) is 5.69 Å². The molecule has 2 heterocycles. The summed E-state index contributed by atoms with van der Waals surface area (Å²) < 4.78 is 5.40. The van der Waals surface area contributed by atoms with Gasteiger partial charge < -0.3 is 4.74 Å². The third-order valence-electron chi connectivity index (χ3n) is 3.41. The first-order valence-electron chi connectivity index (χ1n) is 7.55. The summed E-state index contributed by atoms with van der Waals surface area (Å²) in [7, 11) is 0. The van der Waals surface area contributed by atoms with Crippen molar-refractivity contribution in [2.24, 2.45) is 0 Å². The smallest absolute Gasteiger partial charge is 0.338 e. The molecule has 7 heteroatoms. The van der Waals surface area contributed by atoms with Crippen LogP contribution in [0.5, 0.6) is 0 Å². The fourth-order valence-corrected chi connectivity index (χ4v) is 3.56. The molecule has 1 aromatic carbocycles. The highest BCUT2D eigenvalue weighted by atomic mass is 32.2. The number of anilines is 1. The van der Waals surface area contributed by atoms with Gasteiger partial charge in [-0.15, -0.1) is 0 Å². The molecule has 0 saturated carbocycles. The maximum atomic E-state index is 12.7. The van der Waals surface area contributed by atoms with Gasteiger partial charge in [-0.1, -0.05) is 30.0 Å². The van der Waals surface area contributed by atoms with Crippen LogP contribution in [0.15, 0.2) is 53.7 Å². The Hall–Kier alpha value is -2.51. The molecule has 3 rings (SSSR count). The van der Waals surface area contributed by atoms with Gasteiger partial charge in [0.1, 0.15) is 0 Å². The van der Waals surface area contributed by atoms with E-state index >= 15 is 0 Å². The molecular weight excluding hydrogens is 356 g/mol.